The first-order chi connectivity index (χ1) is 9.03. The van der Waals surface area contributed by atoms with Crippen LogP contribution in [0.1, 0.15) is 47.9 Å². The van der Waals surface area contributed by atoms with Crippen molar-refractivity contribution in [1.29, 1.82) is 0 Å². The van der Waals surface area contributed by atoms with Crippen molar-refractivity contribution in [3.63, 3.8) is 0 Å². The summed E-state index contributed by atoms with van der Waals surface area (Å²) in [6.07, 6.45) is 9.59. The predicted octanol–water partition coefficient (Wildman–Crippen LogP) is 0.677. The Balaban J connectivity index is 0. The zero-order valence-electron chi connectivity index (χ0n) is 13.2. The van der Waals surface area contributed by atoms with Gasteiger partial charge in [-0.25, -0.2) is 9.13 Å². The Morgan fingerprint density at radius 1 is 1.37 bits per heavy atom. The van der Waals surface area contributed by atoms with E-state index < -0.39 is 6.16 Å². The Morgan fingerprint density at radius 3 is 2.42 bits per heavy atom. The summed E-state index contributed by atoms with van der Waals surface area (Å²) in [4.78, 5) is 8.33. The van der Waals surface area contributed by atoms with Crippen LogP contribution >= 0.6 is 0 Å². The number of carboxylic acid groups (broad SMARTS) is 2. The first-order valence-electron chi connectivity index (χ1n) is 6.96. The number of hydrogen-bond donors (Lipinski definition) is 0. The molecule has 1 atom stereocenters. The van der Waals surface area contributed by atoms with Gasteiger partial charge in [-0.15, -0.1) is 0 Å². The maximum Gasteiger partial charge on any atom is 1.00 e. The van der Waals surface area contributed by atoms with E-state index in [4.69, 9.17) is 15.0 Å². The highest BCUT2D eigenvalue weighted by atomic mass is 16.6. The van der Waals surface area contributed by atoms with Crippen molar-refractivity contribution in [3.05, 3.63) is 18.7 Å². The van der Waals surface area contributed by atoms with Crippen LogP contribution in [0.5, 0.6) is 0 Å². The molecule has 110 valence electrons. The molecule has 1 heterocycles. The average molecular weight is 270 g/mol. The van der Waals surface area contributed by atoms with Gasteiger partial charge in [-0.3, -0.25) is 0 Å². The highest BCUT2D eigenvalue weighted by molar-refractivity contribution is 5.47. The lowest BCUT2D eigenvalue weighted by atomic mass is 9.99. The number of aromatic nitrogens is 2. The predicted molar refractivity (Wildman–Crippen MR) is 70.1 cm³/mol. The van der Waals surface area contributed by atoms with Gasteiger partial charge in [-0.05, 0) is 31.8 Å². The minimum absolute atomic E-state index is 0. The average Bonchev–Trinajstić information content (AvgIpc) is 2.81. The van der Waals surface area contributed by atoms with Crippen LogP contribution < -0.4 is 14.8 Å². The van der Waals surface area contributed by atoms with E-state index in [1.807, 2.05) is 0 Å². The van der Waals surface area contributed by atoms with E-state index in [0.717, 1.165) is 12.5 Å². The lowest BCUT2D eigenvalue weighted by Gasteiger charge is -2.11. The zero-order chi connectivity index (χ0) is 14.7. The number of hydrogen-bond acceptors (Lipinski definition) is 3. The molecule has 0 aromatic carbocycles. The second-order valence-corrected chi connectivity index (χ2v) is 4.61. The van der Waals surface area contributed by atoms with Crippen molar-refractivity contribution < 1.29 is 21.0 Å². The van der Waals surface area contributed by atoms with Gasteiger partial charge in [0, 0.05) is 0 Å². The van der Waals surface area contributed by atoms with Crippen LogP contribution in [0.15, 0.2) is 18.7 Å². The Morgan fingerprint density at radius 2 is 2.00 bits per heavy atom. The molecule has 0 aliphatic heterocycles. The van der Waals surface area contributed by atoms with E-state index >= 15 is 0 Å². The minimum Gasteiger partial charge on any atom is -0.652 e. The lowest BCUT2D eigenvalue weighted by molar-refractivity contribution is -0.703. The topological polar surface area (TPSA) is 72.0 Å². The van der Waals surface area contributed by atoms with Crippen LogP contribution in [0, 0.1) is 5.92 Å². The Kier molecular flexibility index (Phi) is 9.57. The molecule has 19 heavy (non-hydrogen) atoms. The molecule has 0 amide bonds. The van der Waals surface area contributed by atoms with Crippen molar-refractivity contribution in [2.45, 2.75) is 59.5 Å². The van der Waals surface area contributed by atoms with E-state index in [1.165, 1.54) is 32.2 Å². The Labute approximate surface area is 117 Å². The van der Waals surface area contributed by atoms with Crippen molar-refractivity contribution in [2.75, 3.05) is 0 Å². The molecule has 5 nitrogen and oxygen atoms in total. The third-order valence-electron chi connectivity index (χ3n) is 3.12. The molecule has 0 spiro atoms. The van der Waals surface area contributed by atoms with Gasteiger partial charge in [0.15, 0.2) is 0 Å². The molecule has 0 aliphatic carbocycles. The smallest absolute Gasteiger partial charge is 0.652 e. The molecule has 0 N–H and O–H groups in total. The highest BCUT2D eigenvalue weighted by Gasteiger charge is 2.10. The molecule has 5 heteroatoms. The number of unbranched alkanes of at least 4 members (excludes halogenated alkanes) is 1. The number of carbonyl (C=O) groups excluding carboxylic acids is 1. The molecule has 1 unspecified atom stereocenters. The number of nitrogens with zero attached hydrogens (tertiary/aromatic N) is 2. The number of aryl methyl sites for hydroxylation is 1. The quantitative estimate of drug-likeness (QED) is 0.684. The summed E-state index contributed by atoms with van der Waals surface area (Å²) in [6, 6.07) is 0. The summed E-state index contributed by atoms with van der Waals surface area (Å²) in [5.41, 5.74) is 0. The SMILES string of the molecule is CCCCC(CC)C[n+]1ccn(CC)c1.O=C([O-])[O-].[H+]. The monoisotopic (exact) mass is 270 g/mol. The van der Waals surface area contributed by atoms with Crippen molar-refractivity contribution in [3.8, 4) is 0 Å². The van der Waals surface area contributed by atoms with Crippen LogP contribution in [0.2, 0.25) is 0 Å². The first-order valence-corrected chi connectivity index (χ1v) is 6.96. The fourth-order valence-electron chi connectivity index (χ4n) is 1.95. The molecule has 1 aromatic rings. The van der Waals surface area contributed by atoms with Crippen molar-refractivity contribution in [2.24, 2.45) is 5.92 Å². The Bertz CT molecular complexity index is 352. The number of carbonyl (C=O) groups is 1. The molecular formula is C14H26N2O3. The number of imidazole rings is 1. The van der Waals surface area contributed by atoms with Gasteiger partial charge < -0.3 is 15.0 Å². The van der Waals surface area contributed by atoms with Crippen LogP contribution in [0.3, 0.4) is 0 Å². The maximum absolute atomic E-state index is 8.33. The van der Waals surface area contributed by atoms with E-state index in [2.05, 4.69) is 48.6 Å². The van der Waals surface area contributed by atoms with Gasteiger partial charge in [0.1, 0.15) is 12.4 Å². The summed E-state index contributed by atoms with van der Waals surface area (Å²) in [7, 11) is 0. The van der Waals surface area contributed by atoms with Gasteiger partial charge >= 0.3 is 1.43 Å². The molecule has 1 rings (SSSR count). The van der Waals surface area contributed by atoms with Crippen LogP contribution in [0.25, 0.3) is 0 Å². The molecule has 0 saturated carbocycles. The van der Waals surface area contributed by atoms with Gasteiger partial charge in [-0.2, -0.15) is 0 Å². The molecular weight excluding hydrogens is 244 g/mol. The lowest BCUT2D eigenvalue weighted by Crippen LogP contribution is -2.37. The van der Waals surface area contributed by atoms with Crippen LogP contribution in [-0.4, -0.2) is 10.7 Å². The van der Waals surface area contributed by atoms with Gasteiger partial charge in [-0.1, -0.05) is 26.7 Å². The van der Waals surface area contributed by atoms with E-state index in [0.29, 0.717) is 0 Å². The molecule has 0 saturated heterocycles. The Hall–Kier alpha value is -1.52. The first kappa shape index (κ1) is 17.5. The fourth-order valence-corrected chi connectivity index (χ4v) is 1.95. The minimum atomic E-state index is -2.33. The molecule has 0 radical (unpaired) electrons. The summed E-state index contributed by atoms with van der Waals surface area (Å²) >= 11 is 0. The molecule has 0 aliphatic rings. The van der Waals surface area contributed by atoms with Gasteiger partial charge in [0.05, 0.1) is 13.1 Å². The highest BCUT2D eigenvalue weighted by Crippen LogP contribution is 2.12. The molecule has 1 aromatic heterocycles. The van der Waals surface area contributed by atoms with Crippen LogP contribution in [-0.2, 0) is 13.1 Å². The zero-order valence-corrected chi connectivity index (χ0v) is 12.2. The van der Waals surface area contributed by atoms with Crippen molar-refractivity contribution >= 4 is 6.16 Å². The van der Waals surface area contributed by atoms with E-state index in [-0.39, 0.29) is 1.43 Å². The molecule has 0 fully saturated rings. The van der Waals surface area contributed by atoms with Crippen LogP contribution in [0.4, 0.5) is 4.79 Å². The summed E-state index contributed by atoms with van der Waals surface area (Å²) in [5, 5.41) is 16.7. The normalized spacial score (nSPS) is 11.5. The largest absolute Gasteiger partial charge is 1.00 e. The fraction of sp³-hybridized carbons (Fsp3) is 0.714. The van der Waals surface area contributed by atoms with Gasteiger partial charge in [0.25, 0.3) is 0 Å². The maximum atomic E-state index is 8.33. The standard InChI is InChI=1S/C13H25N2.CH2O3/c1-4-7-8-13(5-2)11-15-10-9-14(6-3)12-15;2-1(3)4/h9-10,12-13H,4-8,11H2,1-3H3;(H2,2,3,4)/q+1;/p-1. The second kappa shape index (κ2) is 10.4. The van der Waals surface area contributed by atoms with Crippen molar-refractivity contribution in [1.82, 2.24) is 4.57 Å². The molecule has 0 bridgehead atoms. The number of rotatable bonds is 7. The third-order valence-corrected chi connectivity index (χ3v) is 3.12. The summed E-state index contributed by atoms with van der Waals surface area (Å²) in [5.74, 6) is 0.850. The van der Waals surface area contributed by atoms with E-state index in [1.54, 1.807) is 0 Å². The van der Waals surface area contributed by atoms with E-state index in [9.17, 15) is 0 Å². The second-order valence-electron chi connectivity index (χ2n) is 4.61. The summed E-state index contributed by atoms with van der Waals surface area (Å²) < 4.78 is 4.56. The third kappa shape index (κ3) is 9.11. The van der Waals surface area contributed by atoms with Gasteiger partial charge in [0.2, 0.25) is 6.33 Å². The summed E-state index contributed by atoms with van der Waals surface area (Å²) in [6.45, 7) is 9.01.